The van der Waals surface area contributed by atoms with Crippen LogP contribution < -0.4 is 0 Å². The van der Waals surface area contributed by atoms with Gasteiger partial charge in [-0.2, -0.15) is 0 Å². The second kappa shape index (κ2) is 6.03. The largest absolute Gasteiger partial charge is 0.378 e. The van der Waals surface area contributed by atoms with Crippen LogP contribution in [0.3, 0.4) is 0 Å². The predicted octanol–water partition coefficient (Wildman–Crippen LogP) is 2.24. The molecule has 0 aromatic carbocycles. The standard InChI is InChI=1S/C13H16ClNO2/c14-12-3-1-2-11(10-12)4-5-13(16)15-6-8-17-9-7-15/h2,4-5,10H,1,3,6-9H2/b5-4+. The summed E-state index contributed by atoms with van der Waals surface area (Å²) in [5, 5.41) is 0.853. The number of ether oxygens (including phenoxy) is 1. The third-order valence-electron chi connectivity index (χ3n) is 2.83. The maximum Gasteiger partial charge on any atom is 0.246 e. The summed E-state index contributed by atoms with van der Waals surface area (Å²) in [5.74, 6) is 0.0456. The second-order valence-electron chi connectivity index (χ2n) is 4.10. The number of rotatable bonds is 2. The van der Waals surface area contributed by atoms with Gasteiger partial charge in [-0.15, -0.1) is 0 Å². The van der Waals surface area contributed by atoms with Crippen LogP contribution in [0.2, 0.25) is 0 Å². The molecular formula is C13H16ClNO2. The number of amides is 1. The Hall–Kier alpha value is -1.06. The third kappa shape index (κ3) is 3.72. The highest BCUT2D eigenvalue weighted by atomic mass is 35.5. The number of halogens is 1. The monoisotopic (exact) mass is 253 g/mol. The van der Waals surface area contributed by atoms with Gasteiger partial charge in [-0.1, -0.05) is 17.7 Å². The summed E-state index contributed by atoms with van der Waals surface area (Å²) in [6.45, 7) is 2.62. The lowest BCUT2D eigenvalue weighted by molar-refractivity contribution is -0.129. The molecule has 1 amide bonds. The molecule has 0 atom stereocenters. The molecule has 0 saturated carbocycles. The van der Waals surface area contributed by atoms with Crippen LogP contribution >= 0.6 is 11.6 Å². The molecule has 1 saturated heterocycles. The van der Waals surface area contributed by atoms with Gasteiger partial charge in [-0.25, -0.2) is 0 Å². The summed E-state index contributed by atoms with van der Waals surface area (Å²) in [5.41, 5.74) is 1.02. The van der Waals surface area contributed by atoms with Crippen LogP contribution in [0.15, 0.2) is 34.9 Å². The zero-order valence-electron chi connectivity index (χ0n) is 9.69. The number of carbonyl (C=O) groups is 1. The lowest BCUT2D eigenvalue weighted by atomic mass is 10.1. The number of hydrogen-bond acceptors (Lipinski definition) is 2. The first-order valence-electron chi connectivity index (χ1n) is 5.87. The van der Waals surface area contributed by atoms with E-state index in [0.717, 1.165) is 23.4 Å². The molecule has 0 aromatic rings. The molecule has 1 heterocycles. The lowest BCUT2D eigenvalue weighted by Crippen LogP contribution is -2.39. The Morgan fingerprint density at radius 3 is 2.88 bits per heavy atom. The molecule has 4 heteroatoms. The first-order chi connectivity index (χ1) is 8.25. The molecular weight excluding hydrogens is 238 g/mol. The fourth-order valence-electron chi connectivity index (χ4n) is 1.86. The van der Waals surface area contributed by atoms with Crippen molar-refractivity contribution >= 4 is 17.5 Å². The molecule has 0 unspecified atom stereocenters. The number of allylic oxidation sites excluding steroid dienone is 5. The summed E-state index contributed by atoms with van der Waals surface area (Å²) in [6, 6.07) is 0. The fraction of sp³-hybridized carbons (Fsp3) is 0.462. The molecule has 0 radical (unpaired) electrons. The Labute approximate surface area is 106 Å². The predicted molar refractivity (Wildman–Crippen MR) is 67.8 cm³/mol. The van der Waals surface area contributed by atoms with E-state index in [1.807, 2.05) is 12.2 Å². The zero-order valence-corrected chi connectivity index (χ0v) is 10.4. The molecule has 0 bridgehead atoms. The van der Waals surface area contributed by atoms with Crippen molar-refractivity contribution in [3.63, 3.8) is 0 Å². The maximum absolute atomic E-state index is 11.8. The van der Waals surface area contributed by atoms with Crippen LogP contribution in [0.1, 0.15) is 12.8 Å². The van der Waals surface area contributed by atoms with Crippen LogP contribution in [0, 0.1) is 0 Å². The van der Waals surface area contributed by atoms with E-state index in [1.54, 1.807) is 11.0 Å². The molecule has 2 aliphatic rings. The molecule has 17 heavy (non-hydrogen) atoms. The summed E-state index contributed by atoms with van der Waals surface area (Å²) in [7, 11) is 0. The van der Waals surface area contributed by atoms with Gasteiger partial charge >= 0.3 is 0 Å². The molecule has 1 aliphatic heterocycles. The van der Waals surface area contributed by atoms with E-state index in [4.69, 9.17) is 16.3 Å². The first kappa shape index (κ1) is 12.4. The van der Waals surface area contributed by atoms with Crippen LogP contribution in [-0.2, 0) is 9.53 Å². The first-order valence-corrected chi connectivity index (χ1v) is 6.24. The third-order valence-corrected chi connectivity index (χ3v) is 3.13. The van der Waals surface area contributed by atoms with Gasteiger partial charge in [0, 0.05) is 24.2 Å². The van der Waals surface area contributed by atoms with E-state index >= 15 is 0 Å². The minimum Gasteiger partial charge on any atom is -0.378 e. The second-order valence-corrected chi connectivity index (χ2v) is 4.59. The van der Waals surface area contributed by atoms with E-state index in [1.165, 1.54) is 0 Å². The van der Waals surface area contributed by atoms with Crippen molar-refractivity contribution in [3.05, 3.63) is 34.9 Å². The van der Waals surface area contributed by atoms with Crippen LogP contribution in [0.5, 0.6) is 0 Å². The Morgan fingerprint density at radius 2 is 2.18 bits per heavy atom. The Kier molecular flexibility index (Phi) is 4.40. The van der Waals surface area contributed by atoms with Gasteiger partial charge in [0.25, 0.3) is 0 Å². The minimum absolute atomic E-state index is 0.0456. The Bertz CT molecular complexity index is 379. The smallest absolute Gasteiger partial charge is 0.246 e. The molecule has 0 N–H and O–H groups in total. The van der Waals surface area contributed by atoms with Crippen molar-refractivity contribution in [1.29, 1.82) is 0 Å². The van der Waals surface area contributed by atoms with Crippen molar-refractivity contribution < 1.29 is 9.53 Å². The molecule has 1 fully saturated rings. The van der Waals surface area contributed by atoms with Gasteiger partial charge in [-0.3, -0.25) is 4.79 Å². The zero-order chi connectivity index (χ0) is 12.1. The van der Waals surface area contributed by atoms with Gasteiger partial charge in [0.1, 0.15) is 0 Å². The normalized spacial score (nSPS) is 21.4. The lowest BCUT2D eigenvalue weighted by Gasteiger charge is -2.25. The molecule has 0 spiro atoms. The Balaban J connectivity index is 1.91. The summed E-state index contributed by atoms with van der Waals surface area (Å²) in [6.07, 6.45) is 9.29. The van der Waals surface area contributed by atoms with Gasteiger partial charge in [0.15, 0.2) is 0 Å². The van der Waals surface area contributed by atoms with E-state index in [9.17, 15) is 4.79 Å². The SMILES string of the molecule is O=C(/C=C/C1=CCCC(Cl)=C1)N1CCOCC1. The number of carbonyl (C=O) groups excluding carboxylic acids is 1. The number of hydrogen-bond donors (Lipinski definition) is 0. The van der Waals surface area contributed by atoms with E-state index in [-0.39, 0.29) is 5.91 Å². The minimum atomic E-state index is 0.0456. The molecule has 92 valence electrons. The van der Waals surface area contributed by atoms with E-state index in [0.29, 0.717) is 26.3 Å². The molecule has 0 aromatic heterocycles. The van der Waals surface area contributed by atoms with Gasteiger partial charge in [0.2, 0.25) is 5.91 Å². The maximum atomic E-state index is 11.8. The highest BCUT2D eigenvalue weighted by molar-refractivity contribution is 6.29. The van der Waals surface area contributed by atoms with Gasteiger partial charge in [-0.05, 0) is 30.6 Å². The van der Waals surface area contributed by atoms with Gasteiger partial charge in [0.05, 0.1) is 13.2 Å². The molecule has 1 aliphatic carbocycles. The summed E-state index contributed by atoms with van der Waals surface area (Å²) in [4.78, 5) is 13.6. The van der Waals surface area contributed by atoms with Crippen LogP contribution in [0.25, 0.3) is 0 Å². The highest BCUT2D eigenvalue weighted by Gasteiger charge is 2.14. The summed E-state index contributed by atoms with van der Waals surface area (Å²) >= 11 is 5.95. The fourth-order valence-corrected chi connectivity index (χ4v) is 2.10. The van der Waals surface area contributed by atoms with Crippen LogP contribution in [-0.4, -0.2) is 37.1 Å². The molecule has 3 nitrogen and oxygen atoms in total. The number of nitrogens with zero attached hydrogens (tertiary/aromatic N) is 1. The van der Waals surface area contributed by atoms with Crippen molar-refractivity contribution in [1.82, 2.24) is 4.90 Å². The van der Waals surface area contributed by atoms with Crippen molar-refractivity contribution in [2.75, 3.05) is 26.3 Å². The average molecular weight is 254 g/mol. The number of morpholine rings is 1. The van der Waals surface area contributed by atoms with Crippen molar-refractivity contribution in [2.45, 2.75) is 12.8 Å². The Morgan fingerprint density at radius 1 is 1.41 bits per heavy atom. The highest BCUT2D eigenvalue weighted by Crippen LogP contribution is 2.20. The van der Waals surface area contributed by atoms with Crippen molar-refractivity contribution in [2.24, 2.45) is 0 Å². The summed E-state index contributed by atoms with van der Waals surface area (Å²) < 4.78 is 5.20. The topological polar surface area (TPSA) is 29.5 Å². The van der Waals surface area contributed by atoms with Gasteiger partial charge < -0.3 is 9.64 Å². The average Bonchev–Trinajstić information content (AvgIpc) is 2.37. The quantitative estimate of drug-likeness (QED) is 0.707. The van der Waals surface area contributed by atoms with E-state index < -0.39 is 0 Å². The molecule has 2 rings (SSSR count). The van der Waals surface area contributed by atoms with Crippen molar-refractivity contribution in [3.8, 4) is 0 Å². The van der Waals surface area contributed by atoms with E-state index in [2.05, 4.69) is 6.08 Å². The van der Waals surface area contributed by atoms with Crippen LogP contribution in [0.4, 0.5) is 0 Å².